The number of nitrogens with one attached hydrogen (secondary N) is 1. The van der Waals surface area contributed by atoms with Crippen molar-refractivity contribution in [3.05, 3.63) is 84.3 Å². The fourth-order valence-electron chi connectivity index (χ4n) is 3.39. The van der Waals surface area contributed by atoms with Crippen molar-refractivity contribution < 1.29 is 9.53 Å². The van der Waals surface area contributed by atoms with Gasteiger partial charge < -0.3 is 10.1 Å². The molecule has 0 spiro atoms. The van der Waals surface area contributed by atoms with Crippen molar-refractivity contribution >= 4 is 16.9 Å². The van der Waals surface area contributed by atoms with Gasteiger partial charge in [0.15, 0.2) is 6.10 Å². The summed E-state index contributed by atoms with van der Waals surface area (Å²) in [5.41, 5.74) is 3.16. The lowest BCUT2D eigenvalue weighted by Crippen LogP contribution is -2.41. The molecule has 0 aliphatic carbocycles. The molecule has 0 fully saturated rings. The number of nitriles is 1. The highest BCUT2D eigenvalue weighted by Crippen LogP contribution is 2.21. The first-order valence-electron chi connectivity index (χ1n) is 10.4. The molecule has 1 amide bonds. The van der Waals surface area contributed by atoms with Crippen LogP contribution in [0.25, 0.3) is 16.9 Å². The van der Waals surface area contributed by atoms with Crippen LogP contribution in [0.4, 0.5) is 0 Å². The monoisotopic (exact) mass is 425 g/mol. The van der Waals surface area contributed by atoms with Crippen LogP contribution in [0.15, 0.2) is 73.2 Å². The molecule has 160 valence electrons. The van der Waals surface area contributed by atoms with Crippen LogP contribution in [0.5, 0.6) is 5.75 Å². The topological polar surface area (TPSA) is 92.8 Å². The molecule has 2 heterocycles. The first-order chi connectivity index (χ1) is 15.6. The average Bonchev–Trinajstić information content (AvgIpc) is 3.25. The molecule has 0 bridgehead atoms. The fourth-order valence-corrected chi connectivity index (χ4v) is 3.39. The van der Waals surface area contributed by atoms with Crippen LogP contribution >= 0.6 is 0 Å². The van der Waals surface area contributed by atoms with Crippen molar-refractivity contribution in [2.24, 2.45) is 5.92 Å². The molecule has 0 saturated carbocycles. The highest BCUT2D eigenvalue weighted by atomic mass is 16.5. The maximum Gasteiger partial charge on any atom is 0.261 e. The van der Waals surface area contributed by atoms with Gasteiger partial charge in [0.1, 0.15) is 24.0 Å². The Morgan fingerprint density at radius 2 is 1.88 bits per heavy atom. The molecule has 1 N–H and O–H groups in total. The molecule has 0 aliphatic heterocycles. The molecule has 4 aromatic rings. The number of carbonyl (C=O) groups excluding carboxylic acids is 1. The minimum absolute atomic E-state index is 0.0724. The molecular formula is C25H23N5O2. The summed E-state index contributed by atoms with van der Waals surface area (Å²) in [5.74, 6) is 0.849. The van der Waals surface area contributed by atoms with Crippen LogP contribution < -0.4 is 10.1 Å². The predicted molar refractivity (Wildman–Crippen MR) is 121 cm³/mol. The van der Waals surface area contributed by atoms with Gasteiger partial charge >= 0.3 is 0 Å². The summed E-state index contributed by atoms with van der Waals surface area (Å²) in [4.78, 5) is 21.7. The van der Waals surface area contributed by atoms with Crippen LogP contribution in [-0.2, 0) is 11.3 Å². The summed E-state index contributed by atoms with van der Waals surface area (Å²) in [6.45, 7) is 4.14. The molecule has 7 nitrogen and oxygen atoms in total. The van der Waals surface area contributed by atoms with E-state index < -0.39 is 6.10 Å². The molecule has 4 rings (SSSR count). The van der Waals surface area contributed by atoms with E-state index >= 15 is 0 Å². The van der Waals surface area contributed by atoms with Crippen LogP contribution in [0, 0.1) is 17.2 Å². The SMILES string of the molecule is CC(C)C(Oc1ccccc1C#N)C(=O)NCc1ccc(-n2cnc3ccccc32)nc1. The number of benzene rings is 2. The molecular weight excluding hydrogens is 402 g/mol. The highest BCUT2D eigenvalue weighted by molar-refractivity contribution is 5.81. The van der Waals surface area contributed by atoms with Gasteiger partial charge in [-0.2, -0.15) is 5.26 Å². The molecule has 0 radical (unpaired) electrons. The fraction of sp³-hybridized carbons (Fsp3) is 0.200. The average molecular weight is 425 g/mol. The first kappa shape index (κ1) is 21.1. The maximum atomic E-state index is 12.8. The molecule has 32 heavy (non-hydrogen) atoms. The Labute approximate surface area is 186 Å². The second-order valence-electron chi connectivity index (χ2n) is 7.74. The number of hydrogen-bond donors (Lipinski definition) is 1. The summed E-state index contributed by atoms with van der Waals surface area (Å²) in [7, 11) is 0. The molecule has 2 aromatic heterocycles. The van der Waals surface area contributed by atoms with Crippen molar-refractivity contribution in [3.8, 4) is 17.6 Å². The van der Waals surface area contributed by atoms with Crippen molar-refractivity contribution in [2.45, 2.75) is 26.5 Å². The van der Waals surface area contributed by atoms with E-state index in [2.05, 4.69) is 21.4 Å². The van der Waals surface area contributed by atoms with Crippen molar-refractivity contribution in [3.63, 3.8) is 0 Å². The number of ether oxygens (including phenoxy) is 1. The third-order valence-corrected chi connectivity index (χ3v) is 5.10. The highest BCUT2D eigenvalue weighted by Gasteiger charge is 2.25. The Bertz CT molecular complexity index is 1270. The van der Waals surface area contributed by atoms with E-state index in [1.165, 1.54) is 0 Å². The standard InChI is InChI=1S/C25H23N5O2/c1-17(2)24(32-22-10-6-3-7-19(22)13-26)25(31)28-15-18-11-12-23(27-14-18)30-16-29-20-8-4-5-9-21(20)30/h3-12,14,16-17,24H,15H2,1-2H3,(H,28,31). The van der Waals surface area contributed by atoms with Gasteiger partial charge in [-0.15, -0.1) is 0 Å². The zero-order valence-corrected chi connectivity index (χ0v) is 17.9. The number of nitrogens with zero attached hydrogens (tertiary/aromatic N) is 4. The van der Waals surface area contributed by atoms with Crippen molar-refractivity contribution in [2.75, 3.05) is 0 Å². The van der Waals surface area contributed by atoms with Crippen LogP contribution in [0.1, 0.15) is 25.0 Å². The summed E-state index contributed by atoms with van der Waals surface area (Å²) >= 11 is 0. The zero-order valence-electron chi connectivity index (χ0n) is 17.9. The number of para-hydroxylation sites is 3. The lowest BCUT2D eigenvalue weighted by molar-refractivity contribution is -0.130. The van der Waals surface area contributed by atoms with Crippen LogP contribution in [0.2, 0.25) is 0 Å². The van der Waals surface area contributed by atoms with Crippen LogP contribution in [0.3, 0.4) is 0 Å². The molecule has 2 aromatic carbocycles. The first-order valence-corrected chi connectivity index (χ1v) is 10.4. The number of rotatable bonds is 7. The number of imidazole rings is 1. The third kappa shape index (κ3) is 4.44. The summed E-state index contributed by atoms with van der Waals surface area (Å²) in [5, 5.41) is 12.2. The van der Waals surface area contributed by atoms with Crippen LogP contribution in [-0.4, -0.2) is 26.5 Å². The largest absolute Gasteiger partial charge is 0.479 e. The minimum atomic E-state index is -0.714. The van der Waals surface area contributed by atoms with Gasteiger partial charge in [0, 0.05) is 12.7 Å². The van der Waals surface area contributed by atoms with Gasteiger partial charge in [0.25, 0.3) is 5.91 Å². The number of carbonyl (C=O) groups is 1. The maximum absolute atomic E-state index is 12.8. The Balaban J connectivity index is 1.43. The Morgan fingerprint density at radius 1 is 1.09 bits per heavy atom. The zero-order chi connectivity index (χ0) is 22.5. The molecule has 1 unspecified atom stereocenters. The second-order valence-corrected chi connectivity index (χ2v) is 7.74. The third-order valence-electron chi connectivity index (χ3n) is 5.10. The van der Waals surface area contributed by atoms with E-state index in [-0.39, 0.29) is 11.8 Å². The number of amides is 1. The number of pyridine rings is 1. The summed E-state index contributed by atoms with van der Waals surface area (Å²) in [6.07, 6.45) is 2.77. The molecule has 7 heteroatoms. The summed E-state index contributed by atoms with van der Waals surface area (Å²) < 4.78 is 7.82. The smallest absolute Gasteiger partial charge is 0.261 e. The van der Waals surface area contributed by atoms with Gasteiger partial charge in [-0.1, -0.05) is 44.2 Å². The molecule has 0 aliphatic rings. The lowest BCUT2D eigenvalue weighted by Gasteiger charge is -2.22. The minimum Gasteiger partial charge on any atom is -0.479 e. The van der Waals surface area contributed by atoms with Gasteiger partial charge in [-0.25, -0.2) is 9.97 Å². The number of aromatic nitrogens is 3. The normalized spacial score (nSPS) is 11.8. The van der Waals surface area contributed by atoms with Gasteiger partial charge in [-0.05, 0) is 41.8 Å². The van der Waals surface area contributed by atoms with Crippen molar-refractivity contribution in [1.29, 1.82) is 5.26 Å². The number of fused-ring (bicyclic) bond motifs is 1. The Kier molecular flexibility index (Phi) is 6.13. The number of hydrogen-bond acceptors (Lipinski definition) is 5. The molecule has 1 atom stereocenters. The van der Waals surface area contributed by atoms with Gasteiger partial charge in [-0.3, -0.25) is 9.36 Å². The Hall–Kier alpha value is -4.18. The van der Waals surface area contributed by atoms with E-state index in [9.17, 15) is 10.1 Å². The van der Waals surface area contributed by atoms with Gasteiger partial charge in [0.2, 0.25) is 0 Å². The second kappa shape index (κ2) is 9.31. The van der Waals surface area contributed by atoms with E-state index in [1.807, 2.05) is 54.8 Å². The Morgan fingerprint density at radius 3 is 2.62 bits per heavy atom. The quantitative estimate of drug-likeness (QED) is 0.483. The summed E-state index contributed by atoms with van der Waals surface area (Å²) in [6, 6.07) is 20.7. The van der Waals surface area contributed by atoms with E-state index in [0.29, 0.717) is 17.9 Å². The van der Waals surface area contributed by atoms with E-state index in [1.54, 1.807) is 36.8 Å². The van der Waals surface area contributed by atoms with Gasteiger partial charge in [0.05, 0.1) is 16.6 Å². The predicted octanol–water partition coefficient (Wildman–Crippen LogP) is 4.01. The van der Waals surface area contributed by atoms with Crippen molar-refractivity contribution in [1.82, 2.24) is 19.9 Å². The lowest BCUT2D eigenvalue weighted by atomic mass is 10.1. The molecule has 0 saturated heterocycles. The van der Waals surface area contributed by atoms with E-state index in [0.717, 1.165) is 22.4 Å². The van der Waals surface area contributed by atoms with E-state index in [4.69, 9.17) is 4.74 Å².